The number of hydrogen-bond acceptors (Lipinski definition) is 8. The Morgan fingerprint density at radius 1 is 1.20 bits per heavy atom. The second-order valence-corrected chi connectivity index (χ2v) is 11.1. The van der Waals surface area contributed by atoms with E-state index in [4.69, 9.17) is 9.47 Å². The minimum Gasteiger partial charge on any atom is -0.480 e. The maximum atomic E-state index is 14.7. The smallest absolute Gasteiger partial charge is 0.251 e. The highest BCUT2D eigenvalue weighted by Gasteiger charge is 2.35. The van der Waals surface area contributed by atoms with Crippen molar-refractivity contribution in [1.82, 2.24) is 20.3 Å². The molecule has 1 N–H and O–H groups in total. The first-order valence-corrected chi connectivity index (χ1v) is 13.7. The first kappa shape index (κ1) is 28.4. The number of nitrogens with zero attached hydrogens (tertiary/aromatic N) is 3. The van der Waals surface area contributed by atoms with Crippen LogP contribution in [0.5, 0.6) is 5.88 Å². The second kappa shape index (κ2) is 11.4. The number of alkyl halides is 3. The third-order valence-corrected chi connectivity index (χ3v) is 8.21. The largest absolute Gasteiger partial charge is 0.480 e. The number of carbonyl (C=O) groups excluding carboxylic acids is 1. The number of amides is 1. The third kappa shape index (κ3) is 5.57. The monoisotopic (exact) mass is 590 g/mol. The van der Waals surface area contributed by atoms with Crippen molar-refractivity contribution in [3.8, 4) is 17.1 Å². The Balaban J connectivity index is 1.38. The lowest BCUT2D eigenvalue weighted by atomic mass is 10.1. The fourth-order valence-corrected chi connectivity index (χ4v) is 5.60. The normalized spacial score (nSPS) is 17.0. The van der Waals surface area contributed by atoms with E-state index in [1.165, 1.54) is 25.4 Å². The van der Waals surface area contributed by atoms with E-state index in [2.05, 4.69) is 20.3 Å². The molecule has 1 amide bonds. The standard InChI is InChI=1S/C27H22F4N4O5S/c1-39-27-17(3-5-22(35-27)20(30)9-28)21-4-2-14-10-32-16(8-23(14)34-21)11-33-26(36)15-6-19(29)18-12-40-13-25(31)41(37,38)24(18)7-15/h2-8,10,20,25H,9,11-13H2,1H3,(H,33,36)/t20-,25+/m0/s1. The summed E-state index contributed by atoms with van der Waals surface area (Å²) in [5.41, 5.74) is -1.42. The summed E-state index contributed by atoms with van der Waals surface area (Å²) in [6.07, 6.45) is -0.357. The predicted molar refractivity (Wildman–Crippen MR) is 138 cm³/mol. The molecule has 4 heterocycles. The molecule has 9 nitrogen and oxygen atoms in total. The van der Waals surface area contributed by atoms with Gasteiger partial charge in [0.15, 0.2) is 6.17 Å². The summed E-state index contributed by atoms with van der Waals surface area (Å²) in [5, 5.41) is 3.20. The first-order valence-electron chi connectivity index (χ1n) is 12.2. The zero-order valence-electron chi connectivity index (χ0n) is 21.4. The molecule has 1 aliphatic heterocycles. The molecular weight excluding hydrogens is 568 g/mol. The number of nitrogens with one attached hydrogen (secondary N) is 1. The SMILES string of the molecule is COc1nc([C@@H](F)CF)ccc1-c1ccc2cnc(CNC(=O)c3cc(F)c4c(c3)S(=O)(=O)[C@@H](F)COC4)cc2n1. The summed E-state index contributed by atoms with van der Waals surface area (Å²) in [6.45, 7) is -2.53. The van der Waals surface area contributed by atoms with E-state index in [9.17, 15) is 30.8 Å². The van der Waals surface area contributed by atoms with Gasteiger partial charge in [0.1, 0.15) is 12.5 Å². The van der Waals surface area contributed by atoms with Crippen LogP contribution in [-0.2, 0) is 27.7 Å². The lowest BCUT2D eigenvalue weighted by Gasteiger charge is -2.12. The van der Waals surface area contributed by atoms with Gasteiger partial charge >= 0.3 is 0 Å². The van der Waals surface area contributed by atoms with Crippen LogP contribution in [0.3, 0.4) is 0 Å². The van der Waals surface area contributed by atoms with Gasteiger partial charge in [-0.1, -0.05) is 0 Å². The van der Waals surface area contributed by atoms with Crippen molar-refractivity contribution in [2.45, 2.75) is 29.7 Å². The quantitative estimate of drug-likeness (QED) is 0.316. The topological polar surface area (TPSA) is 120 Å². The lowest BCUT2D eigenvalue weighted by Crippen LogP contribution is -2.25. The predicted octanol–water partition coefficient (Wildman–Crippen LogP) is 4.35. The van der Waals surface area contributed by atoms with Gasteiger partial charge in [0.05, 0.1) is 59.9 Å². The summed E-state index contributed by atoms with van der Waals surface area (Å²) in [4.78, 5) is 25.1. The molecule has 0 bridgehead atoms. The summed E-state index contributed by atoms with van der Waals surface area (Å²) in [5.74, 6) is -1.75. The molecule has 5 rings (SSSR count). The van der Waals surface area contributed by atoms with E-state index >= 15 is 0 Å². The number of fused-ring (bicyclic) bond motifs is 2. The molecule has 0 saturated carbocycles. The van der Waals surface area contributed by atoms with Crippen molar-refractivity contribution in [2.75, 3.05) is 20.4 Å². The van der Waals surface area contributed by atoms with Gasteiger partial charge in [-0.2, -0.15) is 0 Å². The van der Waals surface area contributed by atoms with Crippen molar-refractivity contribution < 1.29 is 40.2 Å². The highest BCUT2D eigenvalue weighted by molar-refractivity contribution is 7.92. The number of halogens is 4. The number of sulfone groups is 1. The lowest BCUT2D eigenvalue weighted by molar-refractivity contribution is 0.0938. The maximum Gasteiger partial charge on any atom is 0.251 e. The summed E-state index contributed by atoms with van der Waals surface area (Å²) in [6, 6.07) is 9.67. The van der Waals surface area contributed by atoms with Crippen molar-refractivity contribution in [1.29, 1.82) is 0 Å². The van der Waals surface area contributed by atoms with Crippen molar-refractivity contribution in [3.05, 3.63) is 77.0 Å². The van der Waals surface area contributed by atoms with Gasteiger partial charge in [0.25, 0.3) is 5.91 Å². The van der Waals surface area contributed by atoms with Crippen LogP contribution in [0.1, 0.15) is 33.5 Å². The van der Waals surface area contributed by atoms with Crippen LogP contribution in [0.2, 0.25) is 0 Å². The summed E-state index contributed by atoms with van der Waals surface area (Å²) >= 11 is 0. The molecule has 0 unspecified atom stereocenters. The highest BCUT2D eigenvalue weighted by Crippen LogP contribution is 2.31. The summed E-state index contributed by atoms with van der Waals surface area (Å²) in [7, 11) is -3.20. The van der Waals surface area contributed by atoms with Crippen molar-refractivity contribution in [2.24, 2.45) is 0 Å². The second-order valence-electron chi connectivity index (χ2n) is 9.07. The molecule has 4 aromatic rings. The average molecular weight is 591 g/mol. The molecule has 0 fully saturated rings. The van der Waals surface area contributed by atoms with Crippen LogP contribution in [0, 0.1) is 5.82 Å². The van der Waals surface area contributed by atoms with Crippen molar-refractivity contribution in [3.63, 3.8) is 0 Å². The molecule has 2 atom stereocenters. The van der Waals surface area contributed by atoms with Gasteiger partial charge in [0.2, 0.25) is 21.2 Å². The van der Waals surface area contributed by atoms with E-state index in [1.807, 2.05) is 0 Å². The van der Waals surface area contributed by atoms with Crippen LogP contribution in [0.4, 0.5) is 17.6 Å². The minimum absolute atomic E-state index is 0.0626. The fraction of sp³-hybridized carbons (Fsp3) is 0.259. The third-order valence-electron chi connectivity index (χ3n) is 6.42. The van der Waals surface area contributed by atoms with Gasteiger partial charge in [-0.15, -0.1) is 0 Å². The Labute approximate surface area is 231 Å². The van der Waals surface area contributed by atoms with E-state index in [0.717, 1.165) is 12.1 Å². The minimum atomic E-state index is -4.55. The van der Waals surface area contributed by atoms with Gasteiger partial charge in [-0.25, -0.2) is 35.9 Å². The molecule has 0 spiro atoms. The van der Waals surface area contributed by atoms with E-state index < -0.39 is 58.0 Å². The number of benzene rings is 1. The highest BCUT2D eigenvalue weighted by atomic mass is 32.2. The van der Waals surface area contributed by atoms with Crippen LogP contribution in [-0.4, -0.2) is 55.2 Å². The Kier molecular flexibility index (Phi) is 7.87. The zero-order valence-corrected chi connectivity index (χ0v) is 22.2. The Bertz CT molecular complexity index is 1760. The van der Waals surface area contributed by atoms with E-state index in [-0.39, 0.29) is 29.2 Å². The number of hydrogen-bond donors (Lipinski definition) is 1. The molecule has 14 heteroatoms. The van der Waals surface area contributed by atoms with Gasteiger partial charge in [-0.05, 0) is 42.5 Å². The molecule has 3 aromatic heterocycles. The fourth-order valence-electron chi connectivity index (χ4n) is 4.25. The van der Waals surface area contributed by atoms with E-state index in [0.29, 0.717) is 27.9 Å². The molecular formula is C27H22F4N4O5S. The van der Waals surface area contributed by atoms with Crippen LogP contribution in [0.15, 0.2) is 53.6 Å². The molecule has 214 valence electrons. The Morgan fingerprint density at radius 3 is 2.76 bits per heavy atom. The first-order chi connectivity index (χ1) is 19.6. The van der Waals surface area contributed by atoms with Crippen molar-refractivity contribution >= 4 is 26.6 Å². The van der Waals surface area contributed by atoms with Crippen LogP contribution < -0.4 is 10.1 Å². The van der Waals surface area contributed by atoms with Gasteiger partial charge in [-0.3, -0.25) is 9.78 Å². The van der Waals surface area contributed by atoms with Gasteiger partial charge in [0, 0.05) is 22.7 Å². The van der Waals surface area contributed by atoms with Crippen LogP contribution >= 0.6 is 0 Å². The number of pyridine rings is 3. The molecule has 0 saturated heterocycles. The molecule has 1 aromatic carbocycles. The number of carbonyl (C=O) groups is 1. The molecule has 41 heavy (non-hydrogen) atoms. The van der Waals surface area contributed by atoms with Gasteiger partial charge < -0.3 is 14.8 Å². The number of aromatic nitrogens is 3. The number of methoxy groups -OCH3 is 1. The van der Waals surface area contributed by atoms with Crippen LogP contribution in [0.25, 0.3) is 22.2 Å². The number of ether oxygens (including phenoxy) is 2. The average Bonchev–Trinajstić information content (AvgIpc) is 3.09. The molecule has 0 aliphatic carbocycles. The number of rotatable bonds is 7. The molecule has 1 aliphatic rings. The Hall–Kier alpha value is -4.17. The zero-order chi connectivity index (χ0) is 29.3. The van der Waals surface area contributed by atoms with E-state index in [1.54, 1.807) is 18.2 Å². The maximum absolute atomic E-state index is 14.7. The molecule has 0 radical (unpaired) electrons. The summed E-state index contributed by atoms with van der Waals surface area (Å²) < 4.78 is 90.4. The Morgan fingerprint density at radius 2 is 2.00 bits per heavy atom.